The van der Waals surface area contributed by atoms with Crippen molar-refractivity contribution in [3.8, 4) is 0 Å². The Bertz CT molecular complexity index is 1100. The van der Waals surface area contributed by atoms with Crippen LogP contribution < -0.4 is 10.6 Å². The van der Waals surface area contributed by atoms with E-state index in [0.29, 0.717) is 0 Å². The summed E-state index contributed by atoms with van der Waals surface area (Å²) in [7, 11) is 0. The second-order valence-electron chi connectivity index (χ2n) is 7.48. The Morgan fingerprint density at radius 3 is 1.71 bits per heavy atom. The van der Waals surface area contributed by atoms with Gasteiger partial charge in [-0.2, -0.15) is 0 Å². The first-order chi connectivity index (χ1) is 16.5. The summed E-state index contributed by atoms with van der Waals surface area (Å²) >= 11 is 0. The minimum absolute atomic E-state index is 0.0477. The lowest BCUT2D eigenvalue weighted by Crippen LogP contribution is -2.48. The van der Waals surface area contributed by atoms with Crippen LogP contribution in [0.5, 0.6) is 0 Å². The summed E-state index contributed by atoms with van der Waals surface area (Å²) < 4.78 is 10.4. The number of hydrogen-bond acceptors (Lipinski definition) is 5. The number of esters is 1. The van der Waals surface area contributed by atoms with Crippen LogP contribution in [0.1, 0.15) is 16.7 Å². The summed E-state index contributed by atoms with van der Waals surface area (Å²) in [5, 5.41) is 5.01. The Kier molecular flexibility index (Phi) is 8.99. The maximum atomic E-state index is 12.9. The number of benzene rings is 3. The fraction of sp³-hybridized carbons (Fsp3) is 0.148. The topological polar surface area (TPSA) is 93.7 Å². The van der Waals surface area contributed by atoms with Gasteiger partial charge < -0.3 is 20.1 Å². The first kappa shape index (κ1) is 24.3. The summed E-state index contributed by atoms with van der Waals surface area (Å²) in [6, 6.07) is 26.5. The number of rotatable bonds is 10. The van der Waals surface area contributed by atoms with E-state index in [-0.39, 0.29) is 25.3 Å². The van der Waals surface area contributed by atoms with Crippen molar-refractivity contribution in [3.63, 3.8) is 0 Å². The van der Waals surface area contributed by atoms with Gasteiger partial charge in [-0.05, 0) is 16.7 Å². The van der Waals surface area contributed by atoms with E-state index in [1.54, 1.807) is 0 Å². The van der Waals surface area contributed by atoms with Gasteiger partial charge in [-0.15, -0.1) is 0 Å². The largest absolute Gasteiger partial charge is 0.456 e. The molecule has 0 aliphatic rings. The van der Waals surface area contributed by atoms with E-state index in [1.165, 1.54) is 0 Å². The molecule has 0 aliphatic carbocycles. The molecule has 0 bridgehead atoms. The molecule has 7 heteroatoms. The van der Waals surface area contributed by atoms with E-state index in [4.69, 9.17) is 9.47 Å². The van der Waals surface area contributed by atoms with Crippen LogP contribution in [0, 0.1) is 0 Å². The molecule has 0 radical (unpaired) electrons. The normalized spacial score (nSPS) is 11.1. The summed E-state index contributed by atoms with van der Waals surface area (Å²) in [6.07, 6.45) is -0.559. The zero-order valence-electron chi connectivity index (χ0n) is 18.6. The maximum absolute atomic E-state index is 12.9. The molecule has 34 heavy (non-hydrogen) atoms. The van der Waals surface area contributed by atoms with E-state index in [9.17, 15) is 14.4 Å². The van der Waals surface area contributed by atoms with Crippen LogP contribution in [0.15, 0.2) is 103 Å². The van der Waals surface area contributed by atoms with Crippen LogP contribution in [0.3, 0.4) is 0 Å². The molecule has 2 amide bonds. The summed E-state index contributed by atoms with van der Waals surface area (Å²) in [6.45, 7) is 3.71. The predicted octanol–water partition coefficient (Wildman–Crippen LogP) is 3.90. The first-order valence-electron chi connectivity index (χ1n) is 10.7. The SMILES string of the molecule is C=C(NC(=O)C(Cc1ccccc1)NC(=O)OCc1ccccc1)C(=O)OCc1ccccc1. The molecule has 7 nitrogen and oxygen atoms in total. The third kappa shape index (κ3) is 7.94. The fourth-order valence-electron chi connectivity index (χ4n) is 3.06. The number of alkyl carbamates (subject to hydrolysis) is 1. The van der Waals surface area contributed by atoms with Gasteiger partial charge in [0.05, 0.1) is 0 Å². The van der Waals surface area contributed by atoms with Crippen LogP contribution in [0.2, 0.25) is 0 Å². The molecule has 3 rings (SSSR count). The third-order valence-corrected chi connectivity index (χ3v) is 4.84. The average molecular weight is 459 g/mol. The van der Waals surface area contributed by atoms with Crippen molar-refractivity contribution < 1.29 is 23.9 Å². The number of carbonyl (C=O) groups is 3. The highest BCUT2D eigenvalue weighted by Crippen LogP contribution is 2.07. The number of hydrogen-bond donors (Lipinski definition) is 2. The molecule has 0 saturated carbocycles. The van der Waals surface area contributed by atoms with Gasteiger partial charge in [0, 0.05) is 6.42 Å². The van der Waals surface area contributed by atoms with Crippen molar-refractivity contribution in [1.29, 1.82) is 0 Å². The Hall–Kier alpha value is -4.39. The van der Waals surface area contributed by atoms with Crippen molar-refractivity contribution in [1.82, 2.24) is 10.6 Å². The fourth-order valence-corrected chi connectivity index (χ4v) is 3.06. The van der Waals surface area contributed by atoms with E-state index in [1.807, 2.05) is 91.0 Å². The number of ether oxygens (including phenoxy) is 2. The Morgan fingerprint density at radius 2 is 1.18 bits per heavy atom. The number of amides is 2. The van der Waals surface area contributed by atoms with Crippen molar-refractivity contribution in [2.75, 3.05) is 0 Å². The van der Waals surface area contributed by atoms with Gasteiger partial charge in [-0.25, -0.2) is 9.59 Å². The van der Waals surface area contributed by atoms with Gasteiger partial charge >= 0.3 is 12.1 Å². The maximum Gasteiger partial charge on any atom is 0.408 e. The molecule has 0 saturated heterocycles. The summed E-state index contributed by atoms with van der Waals surface area (Å²) in [5.74, 6) is -1.37. The van der Waals surface area contributed by atoms with Crippen LogP contribution in [-0.2, 0) is 38.7 Å². The highest BCUT2D eigenvalue weighted by molar-refractivity contribution is 5.95. The zero-order valence-corrected chi connectivity index (χ0v) is 18.6. The smallest absolute Gasteiger partial charge is 0.408 e. The van der Waals surface area contributed by atoms with Gasteiger partial charge in [-0.1, -0.05) is 97.6 Å². The Morgan fingerprint density at radius 1 is 0.706 bits per heavy atom. The highest BCUT2D eigenvalue weighted by atomic mass is 16.5. The number of carbonyl (C=O) groups excluding carboxylic acids is 3. The molecule has 0 aliphatic heterocycles. The lowest BCUT2D eigenvalue weighted by molar-refractivity contribution is -0.141. The van der Waals surface area contributed by atoms with Crippen LogP contribution in [0.25, 0.3) is 0 Å². The molecule has 3 aromatic rings. The molecule has 2 N–H and O–H groups in total. The standard InChI is InChI=1S/C27H26N2O5/c1-20(26(31)33-18-22-13-7-3-8-14-22)28-25(30)24(17-21-11-5-2-6-12-21)29-27(32)34-19-23-15-9-4-10-16-23/h2-16,24H,1,17-19H2,(H,28,30)(H,29,32). The molecule has 0 spiro atoms. The number of nitrogens with one attached hydrogen (secondary N) is 2. The second-order valence-corrected chi connectivity index (χ2v) is 7.48. The van der Waals surface area contributed by atoms with E-state index in [0.717, 1.165) is 16.7 Å². The minimum atomic E-state index is -0.996. The second kappa shape index (κ2) is 12.6. The van der Waals surface area contributed by atoms with Gasteiger partial charge in [0.1, 0.15) is 25.0 Å². The molecular formula is C27H26N2O5. The quantitative estimate of drug-likeness (QED) is 0.355. The van der Waals surface area contributed by atoms with E-state index < -0.39 is 24.0 Å². The van der Waals surface area contributed by atoms with E-state index in [2.05, 4.69) is 17.2 Å². The van der Waals surface area contributed by atoms with Crippen LogP contribution in [0.4, 0.5) is 4.79 Å². The zero-order chi connectivity index (χ0) is 24.2. The highest BCUT2D eigenvalue weighted by Gasteiger charge is 2.24. The molecular weight excluding hydrogens is 432 g/mol. The van der Waals surface area contributed by atoms with Gasteiger partial charge in [-0.3, -0.25) is 4.79 Å². The molecule has 1 atom stereocenters. The van der Waals surface area contributed by atoms with Crippen molar-refractivity contribution in [3.05, 3.63) is 120 Å². The third-order valence-electron chi connectivity index (χ3n) is 4.84. The van der Waals surface area contributed by atoms with Gasteiger partial charge in [0.2, 0.25) is 5.91 Å². The van der Waals surface area contributed by atoms with E-state index >= 15 is 0 Å². The molecule has 3 aromatic carbocycles. The van der Waals surface area contributed by atoms with Crippen LogP contribution in [-0.4, -0.2) is 24.0 Å². The molecule has 1 unspecified atom stereocenters. The lowest BCUT2D eigenvalue weighted by Gasteiger charge is -2.19. The summed E-state index contributed by atoms with van der Waals surface area (Å²) in [5.41, 5.74) is 2.22. The lowest BCUT2D eigenvalue weighted by atomic mass is 10.1. The Labute approximate surface area is 198 Å². The molecule has 174 valence electrons. The van der Waals surface area contributed by atoms with Gasteiger partial charge in [0.15, 0.2) is 0 Å². The Balaban J connectivity index is 1.58. The van der Waals surface area contributed by atoms with Crippen molar-refractivity contribution >= 4 is 18.0 Å². The monoisotopic (exact) mass is 458 g/mol. The predicted molar refractivity (Wildman–Crippen MR) is 127 cm³/mol. The molecule has 0 heterocycles. The summed E-state index contributed by atoms with van der Waals surface area (Å²) in [4.78, 5) is 37.5. The van der Waals surface area contributed by atoms with Crippen molar-refractivity contribution in [2.45, 2.75) is 25.7 Å². The molecule has 0 aromatic heterocycles. The average Bonchev–Trinajstić information content (AvgIpc) is 2.87. The molecule has 0 fully saturated rings. The first-order valence-corrected chi connectivity index (χ1v) is 10.7. The van der Waals surface area contributed by atoms with Gasteiger partial charge in [0.25, 0.3) is 0 Å². The van der Waals surface area contributed by atoms with Crippen LogP contribution >= 0.6 is 0 Å². The minimum Gasteiger partial charge on any atom is -0.456 e. The van der Waals surface area contributed by atoms with Crippen molar-refractivity contribution in [2.24, 2.45) is 0 Å².